The van der Waals surface area contributed by atoms with E-state index in [0.717, 1.165) is 22.2 Å². The van der Waals surface area contributed by atoms with E-state index in [-0.39, 0.29) is 10.5 Å². The third-order valence-corrected chi connectivity index (χ3v) is 4.84. The summed E-state index contributed by atoms with van der Waals surface area (Å²) in [5.41, 5.74) is 1.60. The normalized spacial score (nSPS) is 11.2. The van der Waals surface area contributed by atoms with Gasteiger partial charge in [0.05, 0.1) is 17.8 Å². The second-order valence-corrected chi connectivity index (χ2v) is 6.51. The van der Waals surface area contributed by atoms with Gasteiger partial charge in [0.1, 0.15) is 16.5 Å². The molecule has 2 aromatic heterocycles. The van der Waals surface area contributed by atoms with Crippen LogP contribution < -0.4 is 5.32 Å². The average Bonchev–Trinajstić information content (AvgIpc) is 3.26. The number of carbonyl (C=O) groups excluding carboxylic acids is 2. The number of H-pyrrole nitrogens is 1. The van der Waals surface area contributed by atoms with Crippen LogP contribution in [0, 0.1) is 11.3 Å². The molecule has 3 rings (SSSR count). The highest BCUT2D eigenvalue weighted by Crippen LogP contribution is 2.28. The highest BCUT2D eigenvalue weighted by molar-refractivity contribution is 7.12. The summed E-state index contributed by atoms with van der Waals surface area (Å²) < 4.78 is 4.67. The fraction of sp³-hybridized carbons (Fsp3) is 0.0556. The molecule has 6 nitrogen and oxygen atoms in total. The number of rotatable bonds is 4. The molecule has 0 unspecified atom stereocenters. The Morgan fingerprint density at radius 2 is 2.19 bits per heavy atom. The van der Waals surface area contributed by atoms with Gasteiger partial charge in [0.15, 0.2) is 0 Å². The summed E-state index contributed by atoms with van der Waals surface area (Å²) in [6.07, 6.45) is 3.12. The van der Waals surface area contributed by atoms with E-state index in [9.17, 15) is 14.9 Å². The Kier molecular flexibility index (Phi) is 5.07. The van der Waals surface area contributed by atoms with Gasteiger partial charge < -0.3 is 15.0 Å². The van der Waals surface area contributed by atoms with Crippen molar-refractivity contribution in [1.29, 1.82) is 5.26 Å². The van der Waals surface area contributed by atoms with Crippen molar-refractivity contribution in [3.05, 3.63) is 56.9 Å². The SMILES string of the molecule is COC(=O)c1sccc1NC(=O)/C(C#N)=C/c1c[nH]c2cccc(Cl)c12. The molecule has 0 fully saturated rings. The number of anilines is 1. The number of amides is 1. The lowest BCUT2D eigenvalue weighted by Crippen LogP contribution is -2.15. The molecule has 0 saturated carbocycles. The Hall–Kier alpha value is -3.08. The number of hydrogen-bond acceptors (Lipinski definition) is 5. The molecule has 130 valence electrons. The lowest BCUT2D eigenvalue weighted by Gasteiger charge is -2.04. The smallest absolute Gasteiger partial charge is 0.350 e. The van der Waals surface area contributed by atoms with Crippen molar-refractivity contribution in [2.45, 2.75) is 0 Å². The number of methoxy groups -OCH3 is 1. The summed E-state index contributed by atoms with van der Waals surface area (Å²) in [7, 11) is 1.26. The van der Waals surface area contributed by atoms with Crippen molar-refractivity contribution in [2.24, 2.45) is 0 Å². The van der Waals surface area contributed by atoms with E-state index in [1.807, 2.05) is 12.1 Å². The number of esters is 1. The van der Waals surface area contributed by atoms with E-state index in [1.165, 1.54) is 13.2 Å². The molecule has 3 aromatic rings. The van der Waals surface area contributed by atoms with Crippen molar-refractivity contribution >= 4 is 57.5 Å². The van der Waals surface area contributed by atoms with Crippen LogP contribution in [0.3, 0.4) is 0 Å². The Morgan fingerprint density at radius 1 is 1.38 bits per heavy atom. The molecule has 0 aliphatic carbocycles. The molecule has 8 heteroatoms. The first kappa shape index (κ1) is 17.7. The number of nitrogens with one attached hydrogen (secondary N) is 2. The Balaban J connectivity index is 1.93. The maximum absolute atomic E-state index is 12.5. The molecule has 0 saturated heterocycles. The van der Waals surface area contributed by atoms with E-state index in [1.54, 1.807) is 29.8 Å². The summed E-state index contributed by atoms with van der Waals surface area (Å²) in [6.45, 7) is 0. The van der Waals surface area contributed by atoms with Crippen LogP contribution in [-0.2, 0) is 9.53 Å². The zero-order valence-electron chi connectivity index (χ0n) is 13.5. The summed E-state index contributed by atoms with van der Waals surface area (Å²) in [6, 6.07) is 8.83. The van der Waals surface area contributed by atoms with Crippen LogP contribution in [0.5, 0.6) is 0 Å². The number of aromatic amines is 1. The molecular formula is C18H12ClN3O3S. The molecule has 0 spiro atoms. The van der Waals surface area contributed by atoms with Crippen molar-refractivity contribution in [3.63, 3.8) is 0 Å². The van der Waals surface area contributed by atoms with Gasteiger partial charge in [0, 0.05) is 22.7 Å². The van der Waals surface area contributed by atoms with Crippen molar-refractivity contribution in [2.75, 3.05) is 12.4 Å². The number of fused-ring (bicyclic) bond motifs is 1. The minimum absolute atomic E-state index is 0.118. The molecule has 1 aromatic carbocycles. The molecule has 2 N–H and O–H groups in total. The van der Waals surface area contributed by atoms with Gasteiger partial charge in [-0.05, 0) is 29.7 Å². The lowest BCUT2D eigenvalue weighted by molar-refractivity contribution is -0.112. The first-order valence-corrected chi connectivity index (χ1v) is 8.65. The topological polar surface area (TPSA) is 95.0 Å². The third-order valence-electron chi connectivity index (χ3n) is 3.63. The number of halogens is 1. The summed E-state index contributed by atoms with van der Waals surface area (Å²) in [4.78, 5) is 27.5. The van der Waals surface area contributed by atoms with Gasteiger partial charge in [-0.1, -0.05) is 17.7 Å². The first-order valence-electron chi connectivity index (χ1n) is 7.39. The standard InChI is InChI=1S/C18H12ClN3O3S/c1-25-18(24)16-14(5-6-26-16)22-17(23)10(8-20)7-11-9-21-13-4-2-3-12(19)15(11)13/h2-7,9,21H,1H3,(H,22,23)/b10-7+. The second-order valence-electron chi connectivity index (χ2n) is 5.19. The number of hydrogen-bond donors (Lipinski definition) is 2. The van der Waals surface area contributed by atoms with E-state index >= 15 is 0 Å². The van der Waals surface area contributed by atoms with Crippen LogP contribution in [0.15, 0.2) is 41.4 Å². The summed E-state index contributed by atoms with van der Waals surface area (Å²) in [5.74, 6) is -1.18. The van der Waals surface area contributed by atoms with Gasteiger partial charge in [0.25, 0.3) is 5.91 Å². The lowest BCUT2D eigenvalue weighted by atomic mass is 10.1. The highest BCUT2D eigenvalue weighted by Gasteiger charge is 2.18. The zero-order chi connectivity index (χ0) is 18.7. The number of benzene rings is 1. The predicted molar refractivity (Wildman–Crippen MR) is 101 cm³/mol. The van der Waals surface area contributed by atoms with Gasteiger partial charge >= 0.3 is 5.97 Å². The third kappa shape index (κ3) is 3.33. The Bertz CT molecular complexity index is 1070. The van der Waals surface area contributed by atoms with E-state index in [2.05, 4.69) is 15.0 Å². The fourth-order valence-corrected chi connectivity index (χ4v) is 3.48. The van der Waals surface area contributed by atoms with Crippen LogP contribution in [-0.4, -0.2) is 24.0 Å². The number of aromatic nitrogens is 1. The quantitative estimate of drug-likeness (QED) is 0.399. The van der Waals surface area contributed by atoms with Gasteiger partial charge in [0.2, 0.25) is 0 Å². The molecule has 0 aliphatic heterocycles. The van der Waals surface area contributed by atoms with E-state index in [0.29, 0.717) is 16.3 Å². The summed E-state index contributed by atoms with van der Waals surface area (Å²) >= 11 is 7.35. The molecule has 26 heavy (non-hydrogen) atoms. The van der Waals surface area contributed by atoms with Gasteiger partial charge in [-0.2, -0.15) is 5.26 Å². The number of ether oxygens (including phenoxy) is 1. The minimum Gasteiger partial charge on any atom is -0.465 e. The molecule has 0 radical (unpaired) electrons. The molecule has 0 atom stereocenters. The average molecular weight is 386 g/mol. The Morgan fingerprint density at radius 3 is 2.92 bits per heavy atom. The first-order chi connectivity index (χ1) is 12.5. The van der Waals surface area contributed by atoms with E-state index in [4.69, 9.17) is 11.6 Å². The minimum atomic E-state index is -0.627. The number of nitriles is 1. The maximum atomic E-state index is 12.5. The molecule has 0 bridgehead atoms. The molecule has 0 aliphatic rings. The van der Waals surface area contributed by atoms with Crippen molar-refractivity contribution < 1.29 is 14.3 Å². The van der Waals surface area contributed by atoms with Crippen molar-refractivity contribution in [1.82, 2.24) is 4.98 Å². The number of nitrogens with zero attached hydrogens (tertiary/aromatic N) is 1. The molecule has 2 heterocycles. The van der Waals surface area contributed by atoms with Crippen LogP contribution in [0.25, 0.3) is 17.0 Å². The largest absolute Gasteiger partial charge is 0.465 e. The Labute approximate surface area is 157 Å². The zero-order valence-corrected chi connectivity index (χ0v) is 15.1. The number of carbonyl (C=O) groups is 2. The maximum Gasteiger partial charge on any atom is 0.350 e. The molecular weight excluding hydrogens is 374 g/mol. The van der Waals surface area contributed by atoms with Crippen LogP contribution in [0.1, 0.15) is 15.2 Å². The van der Waals surface area contributed by atoms with Crippen LogP contribution in [0.4, 0.5) is 5.69 Å². The van der Waals surface area contributed by atoms with Gasteiger partial charge in [-0.3, -0.25) is 4.79 Å². The second kappa shape index (κ2) is 7.44. The number of thiophene rings is 1. The van der Waals surface area contributed by atoms with E-state index < -0.39 is 11.9 Å². The monoisotopic (exact) mass is 385 g/mol. The van der Waals surface area contributed by atoms with Crippen molar-refractivity contribution in [3.8, 4) is 6.07 Å². The predicted octanol–water partition coefficient (Wildman–Crippen LogP) is 4.22. The fourth-order valence-electron chi connectivity index (χ4n) is 2.43. The van der Waals surface area contributed by atoms with Crippen LogP contribution >= 0.6 is 22.9 Å². The van der Waals surface area contributed by atoms with Crippen LogP contribution in [0.2, 0.25) is 5.02 Å². The van der Waals surface area contributed by atoms with Gasteiger partial charge in [-0.15, -0.1) is 11.3 Å². The molecule has 1 amide bonds. The summed E-state index contributed by atoms with van der Waals surface area (Å²) in [5, 5.41) is 14.8. The highest BCUT2D eigenvalue weighted by atomic mass is 35.5. The van der Waals surface area contributed by atoms with Gasteiger partial charge in [-0.25, -0.2) is 4.79 Å².